The standard InChI is InChI=1S/C12H18N2O3S/c1-18(15,16)14-9-10-6-7-13-12(8-10)17-11-4-2-3-5-11/h6-8,11,14H,2-5,9H2,1H3. The van der Waals surface area contributed by atoms with Crippen molar-refractivity contribution in [1.29, 1.82) is 0 Å². The Labute approximate surface area is 108 Å². The van der Waals surface area contributed by atoms with E-state index in [1.165, 1.54) is 12.8 Å². The van der Waals surface area contributed by atoms with Gasteiger partial charge in [-0.15, -0.1) is 0 Å². The van der Waals surface area contributed by atoms with Gasteiger partial charge in [-0.05, 0) is 37.3 Å². The molecule has 1 fully saturated rings. The second-order valence-corrected chi connectivity index (χ2v) is 6.45. The van der Waals surface area contributed by atoms with Crippen molar-refractivity contribution >= 4 is 10.0 Å². The highest BCUT2D eigenvalue weighted by atomic mass is 32.2. The zero-order valence-electron chi connectivity index (χ0n) is 10.4. The summed E-state index contributed by atoms with van der Waals surface area (Å²) in [4.78, 5) is 4.15. The highest BCUT2D eigenvalue weighted by Gasteiger charge is 2.17. The summed E-state index contributed by atoms with van der Waals surface area (Å²) in [5.74, 6) is 0.578. The summed E-state index contributed by atoms with van der Waals surface area (Å²) in [6.07, 6.45) is 7.62. The smallest absolute Gasteiger partial charge is 0.213 e. The molecular formula is C12H18N2O3S. The van der Waals surface area contributed by atoms with Crippen LogP contribution in [0.1, 0.15) is 31.2 Å². The van der Waals surface area contributed by atoms with Crippen LogP contribution in [0.2, 0.25) is 0 Å². The van der Waals surface area contributed by atoms with Gasteiger partial charge in [-0.2, -0.15) is 0 Å². The van der Waals surface area contributed by atoms with Gasteiger partial charge in [-0.25, -0.2) is 18.1 Å². The third-order valence-corrected chi connectivity index (χ3v) is 3.60. The van der Waals surface area contributed by atoms with Crippen molar-refractivity contribution in [2.24, 2.45) is 0 Å². The van der Waals surface area contributed by atoms with Crippen molar-refractivity contribution < 1.29 is 13.2 Å². The van der Waals surface area contributed by atoms with E-state index >= 15 is 0 Å². The predicted octanol–water partition coefficient (Wildman–Crippen LogP) is 1.45. The molecular weight excluding hydrogens is 252 g/mol. The van der Waals surface area contributed by atoms with Crippen molar-refractivity contribution in [3.63, 3.8) is 0 Å². The topological polar surface area (TPSA) is 68.3 Å². The average Bonchev–Trinajstić information content (AvgIpc) is 2.79. The fraction of sp³-hybridized carbons (Fsp3) is 0.583. The Morgan fingerprint density at radius 2 is 2.17 bits per heavy atom. The van der Waals surface area contributed by atoms with Gasteiger partial charge in [0, 0.05) is 18.8 Å². The molecule has 0 aromatic carbocycles. The van der Waals surface area contributed by atoms with Gasteiger partial charge < -0.3 is 4.74 Å². The molecule has 0 unspecified atom stereocenters. The molecule has 5 nitrogen and oxygen atoms in total. The monoisotopic (exact) mass is 270 g/mol. The maximum Gasteiger partial charge on any atom is 0.213 e. The highest BCUT2D eigenvalue weighted by molar-refractivity contribution is 7.88. The molecule has 0 atom stereocenters. The number of pyridine rings is 1. The molecule has 1 saturated carbocycles. The summed E-state index contributed by atoms with van der Waals surface area (Å²) in [6.45, 7) is 0.266. The van der Waals surface area contributed by atoms with Crippen LogP contribution in [-0.2, 0) is 16.6 Å². The van der Waals surface area contributed by atoms with E-state index in [1.54, 1.807) is 18.3 Å². The van der Waals surface area contributed by atoms with Gasteiger partial charge >= 0.3 is 0 Å². The molecule has 0 radical (unpaired) electrons. The van der Waals surface area contributed by atoms with E-state index in [4.69, 9.17) is 4.74 Å². The summed E-state index contributed by atoms with van der Waals surface area (Å²) < 4.78 is 30.2. The SMILES string of the molecule is CS(=O)(=O)NCc1ccnc(OC2CCCC2)c1. The second-order valence-electron chi connectivity index (χ2n) is 4.62. The van der Waals surface area contributed by atoms with Crippen LogP contribution >= 0.6 is 0 Å². The fourth-order valence-electron chi connectivity index (χ4n) is 2.02. The maximum absolute atomic E-state index is 11.0. The lowest BCUT2D eigenvalue weighted by Crippen LogP contribution is -2.21. The molecule has 0 bridgehead atoms. The van der Waals surface area contributed by atoms with Gasteiger partial charge in [0.1, 0.15) is 6.10 Å². The van der Waals surface area contributed by atoms with Crippen molar-refractivity contribution in [3.05, 3.63) is 23.9 Å². The number of nitrogens with one attached hydrogen (secondary N) is 1. The van der Waals surface area contributed by atoms with Gasteiger partial charge in [0.15, 0.2) is 0 Å². The van der Waals surface area contributed by atoms with Gasteiger partial charge in [0.25, 0.3) is 0 Å². The van der Waals surface area contributed by atoms with Crippen molar-refractivity contribution in [2.75, 3.05) is 6.26 Å². The molecule has 1 N–H and O–H groups in total. The van der Waals surface area contributed by atoms with Crippen LogP contribution in [0, 0.1) is 0 Å². The first kappa shape index (κ1) is 13.3. The summed E-state index contributed by atoms with van der Waals surface area (Å²) in [6, 6.07) is 3.57. The fourth-order valence-corrected chi connectivity index (χ4v) is 2.45. The zero-order chi connectivity index (χ0) is 13.0. The number of ether oxygens (including phenoxy) is 1. The lowest BCUT2D eigenvalue weighted by Gasteiger charge is -2.12. The number of sulfonamides is 1. The molecule has 1 aromatic heterocycles. The number of hydrogen-bond donors (Lipinski definition) is 1. The minimum absolute atomic E-state index is 0.260. The molecule has 0 aliphatic heterocycles. The van der Waals surface area contributed by atoms with Crippen LogP contribution in [0.4, 0.5) is 0 Å². The Morgan fingerprint density at radius 3 is 2.83 bits per heavy atom. The molecule has 0 amide bonds. The normalized spacial score (nSPS) is 16.9. The number of nitrogens with zero attached hydrogens (tertiary/aromatic N) is 1. The largest absolute Gasteiger partial charge is 0.474 e. The third-order valence-electron chi connectivity index (χ3n) is 2.93. The summed E-state index contributed by atoms with van der Waals surface area (Å²) in [7, 11) is -3.17. The van der Waals surface area contributed by atoms with E-state index in [9.17, 15) is 8.42 Å². The lowest BCUT2D eigenvalue weighted by molar-refractivity contribution is 0.201. The highest BCUT2D eigenvalue weighted by Crippen LogP contribution is 2.23. The quantitative estimate of drug-likeness (QED) is 0.879. The first-order valence-corrected chi connectivity index (χ1v) is 7.98. The summed E-state index contributed by atoms with van der Waals surface area (Å²) in [5, 5.41) is 0. The Balaban J connectivity index is 1.96. The summed E-state index contributed by atoms with van der Waals surface area (Å²) in [5.41, 5.74) is 0.850. The van der Waals surface area contributed by atoms with Crippen LogP contribution in [0.3, 0.4) is 0 Å². The van der Waals surface area contributed by atoms with Crippen LogP contribution in [0.5, 0.6) is 5.88 Å². The number of rotatable bonds is 5. The predicted molar refractivity (Wildman–Crippen MR) is 68.8 cm³/mol. The summed E-state index contributed by atoms with van der Waals surface area (Å²) >= 11 is 0. The Kier molecular flexibility index (Phi) is 4.19. The van der Waals surface area contributed by atoms with Crippen LogP contribution in [0.25, 0.3) is 0 Å². The van der Waals surface area contributed by atoms with E-state index in [2.05, 4.69) is 9.71 Å². The Bertz CT molecular complexity index is 496. The van der Waals surface area contributed by atoms with E-state index in [0.717, 1.165) is 24.7 Å². The van der Waals surface area contributed by atoms with E-state index in [1.807, 2.05) is 0 Å². The molecule has 6 heteroatoms. The van der Waals surface area contributed by atoms with E-state index < -0.39 is 10.0 Å². The number of aromatic nitrogens is 1. The lowest BCUT2D eigenvalue weighted by atomic mass is 10.2. The van der Waals surface area contributed by atoms with Gasteiger partial charge in [-0.1, -0.05) is 0 Å². The van der Waals surface area contributed by atoms with Crippen LogP contribution in [0.15, 0.2) is 18.3 Å². The van der Waals surface area contributed by atoms with Gasteiger partial charge in [-0.3, -0.25) is 0 Å². The van der Waals surface area contributed by atoms with Gasteiger partial charge in [0.2, 0.25) is 15.9 Å². The number of hydrogen-bond acceptors (Lipinski definition) is 4. The maximum atomic E-state index is 11.0. The van der Waals surface area contributed by atoms with Crippen molar-refractivity contribution in [3.8, 4) is 5.88 Å². The molecule has 18 heavy (non-hydrogen) atoms. The molecule has 0 spiro atoms. The van der Waals surface area contributed by atoms with E-state index in [0.29, 0.717) is 5.88 Å². The Hall–Kier alpha value is -1.14. The first-order valence-electron chi connectivity index (χ1n) is 6.09. The molecule has 1 heterocycles. The second kappa shape index (κ2) is 5.67. The molecule has 1 aliphatic rings. The minimum atomic E-state index is -3.17. The zero-order valence-corrected chi connectivity index (χ0v) is 11.2. The molecule has 0 saturated heterocycles. The molecule has 1 aliphatic carbocycles. The van der Waals surface area contributed by atoms with Crippen molar-refractivity contribution in [1.82, 2.24) is 9.71 Å². The van der Waals surface area contributed by atoms with Gasteiger partial charge in [0.05, 0.1) is 6.26 Å². The molecule has 1 aromatic rings. The third kappa shape index (κ3) is 4.27. The molecule has 2 rings (SSSR count). The van der Waals surface area contributed by atoms with Crippen LogP contribution < -0.4 is 9.46 Å². The van der Waals surface area contributed by atoms with Crippen LogP contribution in [-0.4, -0.2) is 25.8 Å². The first-order chi connectivity index (χ1) is 8.53. The Morgan fingerprint density at radius 1 is 1.44 bits per heavy atom. The average molecular weight is 270 g/mol. The molecule has 100 valence electrons. The van der Waals surface area contributed by atoms with Crippen molar-refractivity contribution in [2.45, 2.75) is 38.3 Å². The minimum Gasteiger partial charge on any atom is -0.474 e. The van der Waals surface area contributed by atoms with E-state index in [-0.39, 0.29) is 12.6 Å².